The van der Waals surface area contributed by atoms with Crippen molar-refractivity contribution < 1.29 is 9.18 Å². The third kappa shape index (κ3) is 2.11. The molecule has 112 valence electrons. The van der Waals surface area contributed by atoms with Gasteiger partial charge in [-0.05, 0) is 43.5 Å². The predicted molar refractivity (Wildman–Crippen MR) is 84.8 cm³/mol. The van der Waals surface area contributed by atoms with Gasteiger partial charge < -0.3 is 4.57 Å². The van der Waals surface area contributed by atoms with Crippen molar-refractivity contribution in [2.75, 3.05) is 0 Å². The lowest BCUT2D eigenvalue weighted by Crippen LogP contribution is -2.08. The second-order valence-electron chi connectivity index (χ2n) is 5.75. The van der Waals surface area contributed by atoms with Gasteiger partial charge in [0.1, 0.15) is 11.5 Å². The Morgan fingerprint density at radius 2 is 1.86 bits per heavy atom. The van der Waals surface area contributed by atoms with Gasteiger partial charge >= 0.3 is 0 Å². The lowest BCUT2D eigenvalue weighted by molar-refractivity contribution is 0.103. The largest absolute Gasteiger partial charge is 0.335 e. The molecule has 3 nitrogen and oxygen atoms in total. The van der Waals surface area contributed by atoms with Crippen molar-refractivity contribution in [3.05, 3.63) is 64.2 Å². The van der Waals surface area contributed by atoms with Crippen LogP contribution in [0.25, 0.3) is 11.0 Å². The molecule has 0 radical (unpaired) electrons. The van der Waals surface area contributed by atoms with Gasteiger partial charge in [-0.3, -0.25) is 4.79 Å². The van der Waals surface area contributed by atoms with Crippen molar-refractivity contribution >= 4 is 16.8 Å². The Bertz CT molecular complexity index is 909. The first-order valence-corrected chi connectivity index (χ1v) is 7.12. The lowest BCUT2D eigenvalue weighted by atomic mass is 9.96. The molecular formula is C18H17FN2O. The fourth-order valence-corrected chi connectivity index (χ4v) is 2.74. The highest BCUT2D eigenvalue weighted by molar-refractivity contribution is 6.17. The Labute approximate surface area is 128 Å². The average Bonchev–Trinajstić information content (AvgIpc) is 2.80. The maximum atomic E-state index is 14.4. The number of carbonyl (C=O) groups excluding carboxylic acids is 1. The first kappa shape index (κ1) is 14.4. The SMILES string of the molecule is Cc1cnc2c(c1)c(C(=O)c1c(C)ccc(C)c1F)cn2C. The van der Waals surface area contributed by atoms with Crippen LogP contribution >= 0.6 is 0 Å². The monoisotopic (exact) mass is 296 g/mol. The van der Waals surface area contributed by atoms with Crippen LogP contribution in [-0.4, -0.2) is 15.3 Å². The van der Waals surface area contributed by atoms with E-state index in [0.29, 0.717) is 16.7 Å². The highest BCUT2D eigenvalue weighted by atomic mass is 19.1. The van der Waals surface area contributed by atoms with Crippen LogP contribution in [0.3, 0.4) is 0 Å². The minimum atomic E-state index is -0.442. The topological polar surface area (TPSA) is 34.9 Å². The van der Waals surface area contributed by atoms with E-state index in [-0.39, 0.29) is 11.3 Å². The fraction of sp³-hybridized carbons (Fsp3) is 0.222. The summed E-state index contributed by atoms with van der Waals surface area (Å²) in [5.41, 5.74) is 3.44. The third-order valence-electron chi connectivity index (χ3n) is 3.97. The van der Waals surface area contributed by atoms with Crippen molar-refractivity contribution in [2.24, 2.45) is 7.05 Å². The van der Waals surface area contributed by atoms with E-state index >= 15 is 0 Å². The van der Waals surface area contributed by atoms with Crippen LogP contribution in [0.15, 0.2) is 30.6 Å². The number of halogens is 1. The number of hydrogen-bond acceptors (Lipinski definition) is 2. The molecule has 3 rings (SSSR count). The molecule has 0 unspecified atom stereocenters. The normalized spacial score (nSPS) is 11.1. The third-order valence-corrected chi connectivity index (χ3v) is 3.97. The number of benzene rings is 1. The van der Waals surface area contributed by atoms with Crippen LogP contribution in [0.2, 0.25) is 0 Å². The van der Waals surface area contributed by atoms with E-state index in [1.807, 2.05) is 20.0 Å². The van der Waals surface area contributed by atoms with E-state index in [1.165, 1.54) is 0 Å². The zero-order valence-corrected chi connectivity index (χ0v) is 13.1. The molecule has 2 heterocycles. The van der Waals surface area contributed by atoms with Gasteiger partial charge in [-0.15, -0.1) is 0 Å². The van der Waals surface area contributed by atoms with Crippen LogP contribution in [0, 0.1) is 26.6 Å². The first-order chi connectivity index (χ1) is 10.4. The summed E-state index contributed by atoms with van der Waals surface area (Å²) >= 11 is 0. The highest BCUT2D eigenvalue weighted by Crippen LogP contribution is 2.26. The van der Waals surface area contributed by atoms with E-state index < -0.39 is 5.82 Å². The number of aromatic nitrogens is 2. The molecule has 1 aromatic carbocycles. The summed E-state index contributed by atoms with van der Waals surface area (Å²) in [6, 6.07) is 5.38. The van der Waals surface area contributed by atoms with E-state index in [1.54, 1.807) is 42.9 Å². The van der Waals surface area contributed by atoms with Gasteiger partial charge in [-0.2, -0.15) is 0 Å². The number of fused-ring (bicyclic) bond motifs is 1. The van der Waals surface area contributed by atoms with Gasteiger partial charge in [0.15, 0.2) is 5.78 Å². The zero-order valence-electron chi connectivity index (χ0n) is 13.1. The second kappa shape index (κ2) is 5.05. The van der Waals surface area contributed by atoms with Gasteiger partial charge in [0, 0.05) is 30.4 Å². The highest BCUT2D eigenvalue weighted by Gasteiger charge is 2.22. The molecule has 0 saturated heterocycles. The molecule has 4 heteroatoms. The maximum absolute atomic E-state index is 14.4. The van der Waals surface area contributed by atoms with E-state index in [0.717, 1.165) is 16.6 Å². The number of hydrogen-bond donors (Lipinski definition) is 0. The molecule has 2 aromatic heterocycles. The summed E-state index contributed by atoms with van der Waals surface area (Å²) in [6.45, 7) is 5.34. The zero-order chi connectivity index (χ0) is 16.0. The molecule has 0 aliphatic carbocycles. The number of aryl methyl sites for hydroxylation is 4. The minimum Gasteiger partial charge on any atom is -0.335 e. The molecule has 22 heavy (non-hydrogen) atoms. The second-order valence-corrected chi connectivity index (χ2v) is 5.75. The van der Waals surface area contributed by atoms with Crippen LogP contribution in [0.5, 0.6) is 0 Å². The number of carbonyl (C=O) groups is 1. The molecule has 0 atom stereocenters. The number of nitrogens with zero attached hydrogens (tertiary/aromatic N) is 2. The van der Waals surface area contributed by atoms with Gasteiger partial charge in [-0.25, -0.2) is 9.37 Å². The average molecular weight is 296 g/mol. The molecule has 0 spiro atoms. The van der Waals surface area contributed by atoms with E-state index in [4.69, 9.17) is 0 Å². The standard InChI is InChI=1S/C18H17FN2O/c1-10-7-13-14(9-21(4)18(13)20-8-10)17(22)15-11(2)5-6-12(3)16(15)19/h5-9H,1-4H3. The predicted octanol–water partition coefficient (Wildman–Crippen LogP) is 3.87. The molecule has 0 aliphatic heterocycles. The van der Waals surface area contributed by atoms with Crippen molar-refractivity contribution in [2.45, 2.75) is 20.8 Å². The quantitative estimate of drug-likeness (QED) is 0.673. The van der Waals surface area contributed by atoms with Crippen molar-refractivity contribution in [3.63, 3.8) is 0 Å². The Balaban J connectivity index is 2.27. The molecular weight excluding hydrogens is 279 g/mol. The number of pyridine rings is 1. The summed E-state index contributed by atoms with van der Waals surface area (Å²) < 4.78 is 16.2. The first-order valence-electron chi connectivity index (χ1n) is 7.12. The Morgan fingerprint density at radius 1 is 1.18 bits per heavy atom. The molecule has 0 amide bonds. The Morgan fingerprint density at radius 3 is 2.59 bits per heavy atom. The summed E-state index contributed by atoms with van der Waals surface area (Å²) in [5, 5.41) is 0.757. The summed E-state index contributed by atoms with van der Waals surface area (Å²) in [5.74, 6) is -0.737. The van der Waals surface area contributed by atoms with Gasteiger partial charge in [0.05, 0.1) is 5.56 Å². The Kier molecular flexibility index (Phi) is 3.32. The lowest BCUT2D eigenvalue weighted by Gasteiger charge is -2.08. The van der Waals surface area contributed by atoms with Gasteiger partial charge in [0.2, 0.25) is 0 Å². The smallest absolute Gasteiger partial charge is 0.198 e. The molecule has 3 aromatic rings. The molecule has 0 saturated carbocycles. The van der Waals surface area contributed by atoms with Crippen molar-refractivity contribution in [1.29, 1.82) is 0 Å². The van der Waals surface area contributed by atoms with Crippen LogP contribution in [-0.2, 0) is 7.05 Å². The van der Waals surface area contributed by atoms with E-state index in [9.17, 15) is 9.18 Å². The molecule has 0 bridgehead atoms. The fourth-order valence-electron chi connectivity index (χ4n) is 2.74. The summed E-state index contributed by atoms with van der Waals surface area (Å²) in [4.78, 5) is 17.3. The van der Waals surface area contributed by atoms with Gasteiger partial charge in [-0.1, -0.05) is 12.1 Å². The van der Waals surface area contributed by atoms with Crippen LogP contribution < -0.4 is 0 Å². The number of rotatable bonds is 2. The summed E-state index contributed by atoms with van der Waals surface area (Å²) in [7, 11) is 1.83. The van der Waals surface area contributed by atoms with Gasteiger partial charge in [0.25, 0.3) is 0 Å². The van der Waals surface area contributed by atoms with Crippen molar-refractivity contribution in [1.82, 2.24) is 9.55 Å². The van der Waals surface area contributed by atoms with Crippen molar-refractivity contribution in [3.8, 4) is 0 Å². The molecule has 0 aliphatic rings. The minimum absolute atomic E-state index is 0.147. The maximum Gasteiger partial charge on any atom is 0.198 e. The Hall–Kier alpha value is -2.49. The van der Waals surface area contributed by atoms with E-state index in [2.05, 4.69) is 4.98 Å². The summed E-state index contributed by atoms with van der Waals surface area (Å²) in [6.07, 6.45) is 3.48. The van der Waals surface area contributed by atoms with Crippen LogP contribution in [0.4, 0.5) is 4.39 Å². The molecule has 0 fully saturated rings. The molecule has 0 N–H and O–H groups in total. The van der Waals surface area contributed by atoms with Crippen LogP contribution in [0.1, 0.15) is 32.6 Å². The number of ketones is 1.